The molecule has 112 valence electrons. The van der Waals surface area contributed by atoms with Crippen LogP contribution in [0.2, 0.25) is 0 Å². The normalized spacial score (nSPS) is 11.6. The zero-order valence-corrected chi connectivity index (χ0v) is 10.7. The number of hydrogen-bond acceptors (Lipinski definition) is 4. The lowest BCUT2D eigenvalue weighted by molar-refractivity contribution is -0.142. The Labute approximate surface area is 112 Å². The van der Waals surface area contributed by atoms with E-state index in [0.717, 1.165) is 0 Å². The first-order valence-corrected chi connectivity index (χ1v) is 6.66. The molecule has 0 saturated heterocycles. The quantitative estimate of drug-likeness (QED) is 0.564. The molecule has 0 aliphatic rings. The monoisotopic (exact) mass is 313 g/mol. The molecule has 0 spiro atoms. The third-order valence-electron chi connectivity index (χ3n) is 2.05. The summed E-state index contributed by atoms with van der Waals surface area (Å²) in [4.78, 5) is 9.06. The van der Waals surface area contributed by atoms with Gasteiger partial charge in [0.25, 0.3) is 0 Å². The highest BCUT2D eigenvalue weighted by atomic mass is 32.2. The van der Waals surface area contributed by atoms with Crippen LogP contribution in [-0.4, -0.2) is 39.3 Å². The highest BCUT2D eigenvalue weighted by Gasteiger charge is 2.23. The lowest BCUT2D eigenvalue weighted by atomic mass is 10.3. The fourth-order valence-electron chi connectivity index (χ4n) is 1.20. The fourth-order valence-corrected chi connectivity index (χ4v) is 2.28. The topological polar surface area (TPSA) is 92.7 Å². The molecule has 0 atom stereocenters. The standard InChI is InChI=1S/C10H10F3NO5S/c11-6-1-2-7(10(13)9(6)12)20(17,18)14-3-4-19-5-8(15)16/h1-2,14H,3-5H2,(H,15,16). The fraction of sp³-hybridized carbons (Fsp3) is 0.300. The van der Waals surface area contributed by atoms with E-state index >= 15 is 0 Å². The molecule has 0 bridgehead atoms. The summed E-state index contributed by atoms with van der Waals surface area (Å²) in [5, 5.41) is 8.25. The molecule has 0 fully saturated rings. The van der Waals surface area contributed by atoms with Gasteiger partial charge in [0.2, 0.25) is 10.0 Å². The molecule has 10 heteroatoms. The van der Waals surface area contributed by atoms with Crippen molar-refractivity contribution in [3.05, 3.63) is 29.6 Å². The SMILES string of the molecule is O=C(O)COCCNS(=O)(=O)c1ccc(F)c(F)c1F. The molecule has 1 rings (SSSR count). The number of hydrogen-bond donors (Lipinski definition) is 2. The minimum atomic E-state index is -4.39. The molecule has 0 amide bonds. The number of halogens is 3. The Bertz CT molecular complexity index is 605. The van der Waals surface area contributed by atoms with Gasteiger partial charge in [-0.25, -0.2) is 31.1 Å². The van der Waals surface area contributed by atoms with Gasteiger partial charge in [0, 0.05) is 6.54 Å². The summed E-state index contributed by atoms with van der Waals surface area (Å²) in [6.07, 6.45) is 0. The average molecular weight is 313 g/mol. The van der Waals surface area contributed by atoms with E-state index in [0.29, 0.717) is 12.1 Å². The predicted octanol–water partition coefficient (Wildman–Crippen LogP) is 0.483. The van der Waals surface area contributed by atoms with Crippen LogP contribution in [0.5, 0.6) is 0 Å². The van der Waals surface area contributed by atoms with Gasteiger partial charge in [0.1, 0.15) is 11.5 Å². The minimum absolute atomic E-state index is 0.281. The molecule has 0 heterocycles. The molecule has 20 heavy (non-hydrogen) atoms. The van der Waals surface area contributed by atoms with Crippen LogP contribution in [0.1, 0.15) is 0 Å². The molecule has 0 aliphatic heterocycles. The van der Waals surface area contributed by atoms with Crippen LogP contribution in [0.25, 0.3) is 0 Å². The first-order chi connectivity index (χ1) is 9.25. The first kappa shape index (κ1) is 16.4. The number of rotatable bonds is 7. The highest BCUT2D eigenvalue weighted by Crippen LogP contribution is 2.19. The van der Waals surface area contributed by atoms with Crippen molar-refractivity contribution in [3.63, 3.8) is 0 Å². The Morgan fingerprint density at radius 2 is 1.90 bits per heavy atom. The van der Waals surface area contributed by atoms with Gasteiger partial charge in [0.05, 0.1) is 6.61 Å². The van der Waals surface area contributed by atoms with Crippen LogP contribution >= 0.6 is 0 Å². The van der Waals surface area contributed by atoms with E-state index in [1.54, 1.807) is 0 Å². The molecule has 1 aromatic carbocycles. The number of carboxylic acid groups (broad SMARTS) is 1. The van der Waals surface area contributed by atoms with Crippen LogP contribution in [0.4, 0.5) is 13.2 Å². The number of carboxylic acids is 1. The zero-order valence-electron chi connectivity index (χ0n) is 9.90. The maximum absolute atomic E-state index is 13.3. The van der Waals surface area contributed by atoms with Crippen molar-refractivity contribution in [1.29, 1.82) is 0 Å². The lowest BCUT2D eigenvalue weighted by Gasteiger charge is -2.08. The Kier molecular flexibility index (Phi) is 5.48. The highest BCUT2D eigenvalue weighted by molar-refractivity contribution is 7.89. The Morgan fingerprint density at radius 1 is 1.25 bits per heavy atom. The van der Waals surface area contributed by atoms with Crippen molar-refractivity contribution in [1.82, 2.24) is 4.72 Å². The van der Waals surface area contributed by atoms with Gasteiger partial charge < -0.3 is 9.84 Å². The molecular formula is C10H10F3NO5S. The van der Waals surface area contributed by atoms with Gasteiger partial charge in [-0.1, -0.05) is 0 Å². The number of benzene rings is 1. The second-order valence-electron chi connectivity index (χ2n) is 3.52. The van der Waals surface area contributed by atoms with Gasteiger partial charge in [0.15, 0.2) is 17.5 Å². The molecule has 0 aromatic heterocycles. The zero-order chi connectivity index (χ0) is 15.3. The number of ether oxygens (including phenoxy) is 1. The van der Waals surface area contributed by atoms with Crippen molar-refractivity contribution in [2.75, 3.05) is 19.8 Å². The molecular weight excluding hydrogens is 303 g/mol. The first-order valence-electron chi connectivity index (χ1n) is 5.18. The van der Waals surface area contributed by atoms with Crippen molar-refractivity contribution in [2.24, 2.45) is 0 Å². The lowest BCUT2D eigenvalue weighted by Crippen LogP contribution is -2.29. The maximum atomic E-state index is 13.3. The number of aliphatic carboxylic acids is 1. The summed E-state index contributed by atoms with van der Waals surface area (Å²) in [6, 6.07) is 1.06. The largest absolute Gasteiger partial charge is 0.480 e. The Hall–Kier alpha value is -1.65. The molecule has 1 aromatic rings. The molecule has 2 N–H and O–H groups in total. The smallest absolute Gasteiger partial charge is 0.329 e. The van der Waals surface area contributed by atoms with Crippen LogP contribution < -0.4 is 4.72 Å². The van der Waals surface area contributed by atoms with Gasteiger partial charge in [-0.3, -0.25) is 0 Å². The van der Waals surface area contributed by atoms with Gasteiger partial charge in [-0.05, 0) is 12.1 Å². The average Bonchev–Trinajstić information content (AvgIpc) is 2.34. The number of sulfonamides is 1. The summed E-state index contributed by atoms with van der Waals surface area (Å²) in [7, 11) is -4.39. The van der Waals surface area contributed by atoms with E-state index in [1.165, 1.54) is 0 Å². The molecule has 0 saturated carbocycles. The van der Waals surface area contributed by atoms with Gasteiger partial charge in [-0.15, -0.1) is 0 Å². The summed E-state index contributed by atoms with van der Waals surface area (Å²) < 4.78 is 68.5. The molecule has 0 unspecified atom stereocenters. The number of carbonyl (C=O) groups is 1. The second kappa shape index (κ2) is 6.68. The third-order valence-corrected chi connectivity index (χ3v) is 3.53. The summed E-state index contributed by atoms with van der Waals surface area (Å²) in [5.41, 5.74) is 0. The molecule has 0 aliphatic carbocycles. The van der Waals surface area contributed by atoms with Crippen LogP contribution in [0, 0.1) is 17.5 Å². The van der Waals surface area contributed by atoms with Crippen molar-refractivity contribution in [3.8, 4) is 0 Å². The summed E-state index contributed by atoms with van der Waals surface area (Å²) >= 11 is 0. The second-order valence-corrected chi connectivity index (χ2v) is 5.25. The van der Waals surface area contributed by atoms with Crippen LogP contribution in [0.3, 0.4) is 0 Å². The predicted molar refractivity (Wildman–Crippen MR) is 60.0 cm³/mol. The van der Waals surface area contributed by atoms with Crippen molar-refractivity contribution >= 4 is 16.0 Å². The number of nitrogens with one attached hydrogen (secondary N) is 1. The van der Waals surface area contributed by atoms with Crippen molar-refractivity contribution in [2.45, 2.75) is 4.90 Å². The Morgan fingerprint density at radius 3 is 2.50 bits per heavy atom. The van der Waals surface area contributed by atoms with Gasteiger partial charge >= 0.3 is 5.97 Å². The van der Waals surface area contributed by atoms with E-state index < -0.39 is 44.9 Å². The van der Waals surface area contributed by atoms with Gasteiger partial charge in [-0.2, -0.15) is 0 Å². The minimum Gasteiger partial charge on any atom is -0.480 e. The van der Waals surface area contributed by atoms with Crippen LogP contribution in [0.15, 0.2) is 17.0 Å². The third kappa shape index (κ3) is 4.18. The maximum Gasteiger partial charge on any atom is 0.329 e. The van der Waals surface area contributed by atoms with Crippen molar-refractivity contribution < 1.29 is 36.2 Å². The van der Waals surface area contributed by atoms with E-state index in [9.17, 15) is 26.4 Å². The molecule has 6 nitrogen and oxygen atoms in total. The summed E-state index contributed by atoms with van der Waals surface area (Å²) in [6.45, 7) is -1.26. The molecule has 0 radical (unpaired) electrons. The van der Waals surface area contributed by atoms with E-state index in [1.807, 2.05) is 4.72 Å². The summed E-state index contributed by atoms with van der Waals surface area (Å²) in [5.74, 6) is -6.47. The van der Waals surface area contributed by atoms with Crippen LogP contribution in [-0.2, 0) is 19.6 Å². The van der Waals surface area contributed by atoms with E-state index in [4.69, 9.17) is 5.11 Å². The van der Waals surface area contributed by atoms with E-state index in [2.05, 4.69) is 4.74 Å². The Balaban J connectivity index is 2.70. The van der Waals surface area contributed by atoms with E-state index in [-0.39, 0.29) is 13.2 Å².